The van der Waals surface area contributed by atoms with Crippen molar-refractivity contribution in [1.82, 2.24) is 9.38 Å². The number of hydrogen-bond acceptors (Lipinski definition) is 2. The number of imidazole rings is 1. The Morgan fingerprint density at radius 1 is 1.26 bits per heavy atom. The summed E-state index contributed by atoms with van der Waals surface area (Å²) in [4.78, 5) is 16.6. The molecule has 2 heterocycles. The van der Waals surface area contributed by atoms with E-state index in [-0.39, 0.29) is 5.91 Å². The van der Waals surface area contributed by atoms with Gasteiger partial charge in [0, 0.05) is 30.1 Å². The van der Waals surface area contributed by atoms with E-state index in [4.69, 9.17) is 4.98 Å². The molecule has 0 atom stereocenters. The Bertz CT molecular complexity index is 836. The maximum atomic E-state index is 11.9. The largest absolute Gasteiger partial charge is 0.326 e. The van der Waals surface area contributed by atoms with Gasteiger partial charge in [-0.05, 0) is 37.1 Å². The monoisotopic (exact) mass is 307 g/mol. The summed E-state index contributed by atoms with van der Waals surface area (Å²) in [7, 11) is 0. The molecule has 1 N–H and O–H groups in total. The molecule has 23 heavy (non-hydrogen) atoms. The maximum absolute atomic E-state index is 11.9. The second-order valence-corrected chi connectivity index (χ2v) is 5.78. The van der Waals surface area contributed by atoms with Gasteiger partial charge in [-0.2, -0.15) is 0 Å². The highest BCUT2D eigenvalue weighted by molar-refractivity contribution is 5.91. The van der Waals surface area contributed by atoms with Gasteiger partial charge in [0.15, 0.2) is 0 Å². The van der Waals surface area contributed by atoms with E-state index in [1.807, 2.05) is 47.1 Å². The predicted molar refractivity (Wildman–Crippen MR) is 93.5 cm³/mol. The number of nitrogens with one attached hydrogen (secondary N) is 1. The number of aromatic nitrogens is 2. The van der Waals surface area contributed by atoms with Crippen LogP contribution in [0, 0.1) is 6.92 Å². The molecule has 1 amide bonds. The second kappa shape index (κ2) is 6.65. The van der Waals surface area contributed by atoms with Crippen LogP contribution in [0.2, 0.25) is 0 Å². The molecule has 0 radical (unpaired) electrons. The molecule has 0 saturated heterocycles. The lowest BCUT2D eigenvalue weighted by atomic mass is 10.1. The van der Waals surface area contributed by atoms with Crippen molar-refractivity contribution in [1.29, 1.82) is 0 Å². The smallest absolute Gasteiger partial charge is 0.224 e. The van der Waals surface area contributed by atoms with Gasteiger partial charge in [-0.25, -0.2) is 4.98 Å². The number of carbonyl (C=O) groups excluding carboxylic acids is 1. The lowest BCUT2D eigenvalue weighted by Crippen LogP contribution is -2.10. The van der Waals surface area contributed by atoms with Crippen LogP contribution in [0.25, 0.3) is 16.9 Å². The number of hydrogen-bond donors (Lipinski definition) is 1. The summed E-state index contributed by atoms with van der Waals surface area (Å²) >= 11 is 0. The first-order valence-corrected chi connectivity index (χ1v) is 8.02. The quantitative estimate of drug-likeness (QED) is 0.757. The molecule has 0 saturated carbocycles. The van der Waals surface area contributed by atoms with Gasteiger partial charge in [0.05, 0.1) is 5.69 Å². The van der Waals surface area contributed by atoms with Gasteiger partial charge in [-0.1, -0.05) is 31.5 Å². The number of nitrogens with zero attached hydrogens (tertiary/aromatic N) is 2. The van der Waals surface area contributed by atoms with Gasteiger partial charge in [-0.15, -0.1) is 0 Å². The molecule has 3 rings (SSSR count). The van der Waals surface area contributed by atoms with E-state index in [9.17, 15) is 4.79 Å². The van der Waals surface area contributed by atoms with Crippen molar-refractivity contribution in [2.45, 2.75) is 33.1 Å². The zero-order valence-corrected chi connectivity index (χ0v) is 13.5. The van der Waals surface area contributed by atoms with Gasteiger partial charge >= 0.3 is 0 Å². The van der Waals surface area contributed by atoms with Crippen molar-refractivity contribution >= 4 is 17.2 Å². The van der Waals surface area contributed by atoms with Crippen LogP contribution < -0.4 is 5.32 Å². The summed E-state index contributed by atoms with van der Waals surface area (Å²) in [6, 6.07) is 11.9. The van der Waals surface area contributed by atoms with Crippen LogP contribution in [0.1, 0.15) is 31.7 Å². The van der Waals surface area contributed by atoms with E-state index in [2.05, 4.69) is 25.2 Å². The molecule has 118 valence electrons. The third-order valence-corrected chi connectivity index (χ3v) is 3.88. The highest BCUT2D eigenvalue weighted by Gasteiger charge is 2.08. The molecule has 0 bridgehead atoms. The van der Waals surface area contributed by atoms with E-state index in [1.54, 1.807) is 0 Å². The Morgan fingerprint density at radius 2 is 2.13 bits per heavy atom. The first-order valence-electron chi connectivity index (χ1n) is 8.02. The number of aryl methyl sites for hydroxylation is 1. The number of pyridine rings is 1. The highest BCUT2D eigenvalue weighted by Crippen LogP contribution is 2.23. The Kier molecular flexibility index (Phi) is 4.42. The van der Waals surface area contributed by atoms with Crippen molar-refractivity contribution < 1.29 is 4.79 Å². The zero-order chi connectivity index (χ0) is 16.2. The summed E-state index contributed by atoms with van der Waals surface area (Å²) in [5.74, 6) is 0.0647. The standard InChI is InChI=1S/C19H21N3O/c1-3-4-10-18(23)20-16-9-5-8-15(12-16)17-13-22-11-6-7-14(2)19(22)21-17/h5-9,11-13H,3-4,10H2,1-2H3,(H,20,23). The van der Waals surface area contributed by atoms with Gasteiger partial charge < -0.3 is 9.72 Å². The summed E-state index contributed by atoms with van der Waals surface area (Å²) < 4.78 is 2.02. The average Bonchev–Trinajstić information content (AvgIpc) is 2.99. The van der Waals surface area contributed by atoms with Crippen molar-refractivity contribution in [2.75, 3.05) is 5.32 Å². The predicted octanol–water partition coefficient (Wildman–Crippen LogP) is 4.44. The fraction of sp³-hybridized carbons (Fsp3) is 0.263. The van der Waals surface area contributed by atoms with Crippen molar-refractivity contribution in [3.8, 4) is 11.3 Å². The minimum absolute atomic E-state index is 0.0647. The molecule has 0 unspecified atom stereocenters. The summed E-state index contributed by atoms with van der Waals surface area (Å²) in [5.41, 5.74) is 4.82. The summed E-state index contributed by atoms with van der Waals surface area (Å²) in [6.07, 6.45) is 6.51. The normalized spacial score (nSPS) is 10.9. The molecule has 4 heteroatoms. The Morgan fingerprint density at radius 3 is 2.91 bits per heavy atom. The lowest BCUT2D eigenvalue weighted by molar-refractivity contribution is -0.116. The van der Waals surface area contributed by atoms with Crippen LogP contribution in [0.4, 0.5) is 5.69 Å². The molecule has 0 aliphatic rings. The van der Waals surface area contributed by atoms with Crippen LogP contribution >= 0.6 is 0 Å². The number of carbonyl (C=O) groups is 1. The molecule has 1 aromatic carbocycles. The van der Waals surface area contributed by atoms with Gasteiger partial charge in [0.25, 0.3) is 0 Å². The Labute approximate surface area is 136 Å². The fourth-order valence-corrected chi connectivity index (χ4v) is 2.61. The van der Waals surface area contributed by atoms with Crippen LogP contribution in [-0.2, 0) is 4.79 Å². The highest BCUT2D eigenvalue weighted by atomic mass is 16.1. The third-order valence-electron chi connectivity index (χ3n) is 3.88. The number of benzene rings is 1. The van der Waals surface area contributed by atoms with E-state index in [1.165, 1.54) is 0 Å². The Hall–Kier alpha value is -2.62. The zero-order valence-electron chi connectivity index (χ0n) is 13.5. The molecular formula is C19H21N3O. The first kappa shape index (κ1) is 15.3. The van der Waals surface area contributed by atoms with E-state index < -0.39 is 0 Å². The molecule has 0 aliphatic carbocycles. The number of anilines is 1. The van der Waals surface area contributed by atoms with E-state index in [0.29, 0.717) is 6.42 Å². The number of fused-ring (bicyclic) bond motifs is 1. The second-order valence-electron chi connectivity index (χ2n) is 5.78. The lowest BCUT2D eigenvalue weighted by Gasteiger charge is -2.06. The maximum Gasteiger partial charge on any atom is 0.224 e. The number of amides is 1. The minimum atomic E-state index is 0.0647. The van der Waals surface area contributed by atoms with Gasteiger partial charge in [0.1, 0.15) is 5.65 Å². The SMILES string of the molecule is CCCCC(=O)Nc1cccc(-c2cn3cccc(C)c3n2)c1. The van der Waals surface area contributed by atoms with Crippen LogP contribution in [0.15, 0.2) is 48.8 Å². The van der Waals surface area contributed by atoms with Gasteiger partial charge in [-0.3, -0.25) is 4.79 Å². The van der Waals surface area contributed by atoms with Crippen molar-refractivity contribution in [3.05, 3.63) is 54.4 Å². The number of unbranched alkanes of at least 4 members (excludes halogenated alkanes) is 1. The molecule has 2 aromatic heterocycles. The molecule has 0 fully saturated rings. The average molecular weight is 307 g/mol. The van der Waals surface area contributed by atoms with E-state index in [0.717, 1.165) is 41.0 Å². The fourth-order valence-electron chi connectivity index (χ4n) is 2.61. The third kappa shape index (κ3) is 3.42. The topological polar surface area (TPSA) is 46.4 Å². The summed E-state index contributed by atoms with van der Waals surface area (Å²) in [5, 5.41) is 2.96. The summed E-state index contributed by atoms with van der Waals surface area (Å²) in [6.45, 7) is 4.13. The molecule has 4 nitrogen and oxygen atoms in total. The van der Waals surface area contributed by atoms with Crippen LogP contribution in [0.5, 0.6) is 0 Å². The Balaban J connectivity index is 1.86. The molecular weight excluding hydrogens is 286 g/mol. The van der Waals surface area contributed by atoms with Crippen LogP contribution in [-0.4, -0.2) is 15.3 Å². The number of rotatable bonds is 5. The van der Waals surface area contributed by atoms with E-state index >= 15 is 0 Å². The molecule has 0 aliphatic heterocycles. The molecule has 0 spiro atoms. The first-order chi connectivity index (χ1) is 11.2. The van der Waals surface area contributed by atoms with Crippen LogP contribution in [0.3, 0.4) is 0 Å². The van der Waals surface area contributed by atoms with Crippen molar-refractivity contribution in [3.63, 3.8) is 0 Å². The minimum Gasteiger partial charge on any atom is -0.326 e. The van der Waals surface area contributed by atoms with Gasteiger partial charge in [0.2, 0.25) is 5.91 Å². The van der Waals surface area contributed by atoms with Crippen molar-refractivity contribution in [2.24, 2.45) is 0 Å². The molecule has 3 aromatic rings.